The predicted molar refractivity (Wildman–Crippen MR) is 83.9 cm³/mol. The molecule has 1 atom stereocenters. The molecule has 0 saturated heterocycles. The monoisotopic (exact) mass is 280 g/mol. The Morgan fingerprint density at radius 1 is 1.26 bits per heavy atom. The molecular weight excluding hydrogens is 256 g/mol. The first-order chi connectivity index (χ1) is 8.99. The zero-order chi connectivity index (χ0) is 14.0. The van der Waals surface area contributed by atoms with E-state index in [9.17, 15) is 0 Å². The molecule has 19 heavy (non-hydrogen) atoms. The van der Waals surface area contributed by atoms with E-state index in [1.165, 1.54) is 25.7 Å². The summed E-state index contributed by atoms with van der Waals surface area (Å²) in [5.74, 6) is 0.876. The Balaban J connectivity index is 2.12. The molecule has 0 bridgehead atoms. The molecule has 0 radical (unpaired) electrons. The van der Waals surface area contributed by atoms with Crippen molar-refractivity contribution in [3.05, 3.63) is 28.8 Å². The summed E-state index contributed by atoms with van der Waals surface area (Å²) in [5.41, 5.74) is 8.12. The van der Waals surface area contributed by atoms with E-state index in [0.29, 0.717) is 6.04 Å². The van der Waals surface area contributed by atoms with Gasteiger partial charge in [-0.2, -0.15) is 0 Å². The van der Waals surface area contributed by atoms with Crippen LogP contribution in [0.15, 0.2) is 18.2 Å². The van der Waals surface area contributed by atoms with Gasteiger partial charge in [-0.15, -0.1) is 0 Å². The number of hydrogen-bond acceptors (Lipinski definition) is 2. The molecule has 0 aromatic heterocycles. The third-order valence-corrected chi connectivity index (χ3v) is 4.71. The van der Waals surface area contributed by atoms with Crippen molar-refractivity contribution in [2.45, 2.75) is 51.6 Å². The van der Waals surface area contributed by atoms with Gasteiger partial charge in [0.2, 0.25) is 0 Å². The number of nitrogens with two attached hydrogens (primary N) is 1. The molecule has 2 rings (SSSR count). The number of nitrogens with zero attached hydrogens (tertiary/aromatic N) is 1. The Morgan fingerprint density at radius 3 is 2.42 bits per heavy atom. The Hall–Kier alpha value is -0.730. The highest BCUT2D eigenvalue weighted by Crippen LogP contribution is 2.33. The molecule has 1 fully saturated rings. The van der Waals surface area contributed by atoms with Gasteiger partial charge in [-0.3, -0.25) is 0 Å². The summed E-state index contributed by atoms with van der Waals surface area (Å²) in [5, 5.41) is 0.816. The van der Waals surface area contributed by atoms with Gasteiger partial charge in [0.25, 0.3) is 0 Å². The van der Waals surface area contributed by atoms with Crippen LogP contribution in [-0.2, 0) is 0 Å². The fraction of sp³-hybridized carbons (Fsp3) is 0.625. The molecule has 0 spiro atoms. The highest BCUT2D eigenvalue weighted by atomic mass is 35.5. The van der Waals surface area contributed by atoms with Crippen LogP contribution in [0.25, 0.3) is 0 Å². The molecule has 1 aliphatic rings. The quantitative estimate of drug-likeness (QED) is 0.890. The summed E-state index contributed by atoms with van der Waals surface area (Å²) in [6.07, 6.45) is 5.18. The number of hydrogen-bond donors (Lipinski definition) is 1. The van der Waals surface area contributed by atoms with Crippen molar-refractivity contribution in [2.75, 3.05) is 11.9 Å². The average Bonchev–Trinajstić information content (AvgIpc) is 2.38. The van der Waals surface area contributed by atoms with Crippen molar-refractivity contribution in [1.29, 1.82) is 0 Å². The number of rotatable bonds is 3. The zero-order valence-corrected chi connectivity index (χ0v) is 13.0. The van der Waals surface area contributed by atoms with Crippen LogP contribution in [0.1, 0.15) is 51.1 Å². The molecule has 0 unspecified atom stereocenters. The van der Waals surface area contributed by atoms with Crippen LogP contribution in [0.5, 0.6) is 0 Å². The Kier molecular flexibility index (Phi) is 4.75. The maximum atomic E-state index is 6.42. The zero-order valence-electron chi connectivity index (χ0n) is 12.2. The second-order valence-electron chi connectivity index (χ2n) is 6.02. The van der Waals surface area contributed by atoms with Gasteiger partial charge in [0.05, 0.1) is 10.7 Å². The Labute approximate surface area is 121 Å². The van der Waals surface area contributed by atoms with E-state index in [0.717, 1.165) is 22.2 Å². The second-order valence-corrected chi connectivity index (χ2v) is 6.43. The smallest absolute Gasteiger partial charge is 0.0642 e. The van der Waals surface area contributed by atoms with E-state index in [-0.39, 0.29) is 6.04 Å². The van der Waals surface area contributed by atoms with Crippen molar-refractivity contribution in [3.8, 4) is 0 Å². The van der Waals surface area contributed by atoms with Crippen molar-refractivity contribution in [2.24, 2.45) is 11.7 Å². The largest absolute Gasteiger partial charge is 0.370 e. The lowest BCUT2D eigenvalue weighted by Crippen LogP contribution is -2.35. The van der Waals surface area contributed by atoms with Gasteiger partial charge >= 0.3 is 0 Å². The topological polar surface area (TPSA) is 29.3 Å². The van der Waals surface area contributed by atoms with Gasteiger partial charge in [0, 0.05) is 19.1 Å². The molecule has 1 aromatic carbocycles. The Morgan fingerprint density at radius 2 is 1.89 bits per heavy atom. The summed E-state index contributed by atoms with van der Waals surface area (Å²) in [7, 11) is 2.16. The van der Waals surface area contributed by atoms with E-state index in [2.05, 4.69) is 31.0 Å². The average molecular weight is 281 g/mol. The van der Waals surface area contributed by atoms with Crippen molar-refractivity contribution >= 4 is 17.3 Å². The van der Waals surface area contributed by atoms with Crippen LogP contribution in [0.2, 0.25) is 5.02 Å². The molecular formula is C16H25ClN2. The first kappa shape index (κ1) is 14.7. The van der Waals surface area contributed by atoms with Gasteiger partial charge in [-0.25, -0.2) is 0 Å². The molecule has 2 N–H and O–H groups in total. The van der Waals surface area contributed by atoms with Crippen molar-refractivity contribution in [1.82, 2.24) is 0 Å². The maximum Gasteiger partial charge on any atom is 0.0642 e. The van der Waals surface area contributed by atoms with E-state index in [1.807, 2.05) is 13.0 Å². The summed E-state index contributed by atoms with van der Waals surface area (Å²) >= 11 is 6.42. The van der Waals surface area contributed by atoms with E-state index < -0.39 is 0 Å². The number of halogens is 1. The standard InChI is InChI=1S/C16H25ClN2/c1-11-4-7-14(8-5-11)19(3)16-9-6-13(12(2)18)10-15(16)17/h6,9-12,14H,4-5,7-8,18H2,1-3H3/t11?,12-,14?/m0/s1. The normalized spacial score (nSPS) is 25.1. The van der Waals surface area contributed by atoms with E-state index in [1.54, 1.807) is 0 Å². The number of anilines is 1. The van der Waals surface area contributed by atoms with Gasteiger partial charge < -0.3 is 10.6 Å². The first-order valence-electron chi connectivity index (χ1n) is 7.27. The van der Waals surface area contributed by atoms with Crippen LogP contribution < -0.4 is 10.6 Å². The lowest BCUT2D eigenvalue weighted by molar-refractivity contribution is 0.341. The SMILES string of the molecule is CC1CCC(N(C)c2ccc([C@H](C)N)cc2Cl)CC1. The van der Waals surface area contributed by atoms with Crippen LogP contribution >= 0.6 is 11.6 Å². The fourth-order valence-corrected chi connectivity index (χ4v) is 3.24. The summed E-state index contributed by atoms with van der Waals surface area (Å²) in [4.78, 5) is 2.35. The van der Waals surface area contributed by atoms with Crippen LogP contribution in [-0.4, -0.2) is 13.1 Å². The summed E-state index contributed by atoms with van der Waals surface area (Å²) in [6, 6.07) is 6.86. The van der Waals surface area contributed by atoms with Gasteiger partial charge in [0.15, 0.2) is 0 Å². The third kappa shape index (κ3) is 3.43. The minimum atomic E-state index is 0.0346. The lowest BCUT2D eigenvalue weighted by atomic mass is 9.86. The molecule has 3 heteroatoms. The van der Waals surface area contributed by atoms with Gasteiger partial charge in [-0.1, -0.05) is 24.6 Å². The predicted octanol–water partition coefficient (Wildman–Crippen LogP) is 4.37. The number of benzene rings is 1. The highest BCUT2D eigenvalue weighted by Gasteiger charge is 2.23. The minimum Gasteiger partial charge on any atom is -0.370 e. The van der Waals surface area contributed by atoms with Crippen LogP contribution in [0.4, 0.5) is 5.69 Å². The molecule has 1 saturated carbocycles. The first-order valence-corrected chi connectivity index (χ1v) is 7.64. The molecule has 0 aliphatic heterocycles. The molecule has 2 nitrogen and oxygen atoms in total. The molecule has 1 aliphatic carbocycles. The van der Waals surface area contributed by atoms with Crippen LogP contribution in [0, 0.1) is 5.92 Å². The molecule has 106 valence electrons. The molecule has 0 amide bonds. The minimum absolute atomic E-state index is 0.0346. The van der Waals surface area contributed by atoms with Crippen molar-refractivity contribution in [3.63, 3.8) is 0 Å². The second kappa shape index (κ2) is 6.15. The van der Waals surface area contributed by atoms with E-state index >= 15 is 0 Å². The molecule has 1 aromatic rings. The lowest BCUT2D eigenvalue weighted by Gasteiger charge is -2.35. The van der Waals surface area contributed by atoms with Gasteiger partial charge in [-0.05, 0) is 56.2 Å². The Bertz CT molecular complexity index is 423. The van der Waals surface area contributed by atoms with Crippen molar-refractivity contribution < 1.29 is 0 Å². The molecule has 0 heterocycles. The fourth-order valence-electron chi connectivity index (χ4n) is 2.92. The maximum absolute atomic E-state index is 6.42. The summed E-state index contributed by atoms with van der Waals surface area (Å²) < 4.78 is 0. The third-order valence-electron chi connectivity index (χ3n) is 4.41. The van der Waals surface area contributed by atoms with Crippen LogP contribution in [0.3, 0.4) is 0 Å². The highest BCUT2D eigenvalue weighted by molar-refractivity contribution is 6.33. The summed E-state index contributed by atoms with van der Waals surface area (Å²) in [6.45, 7) is 4.33. The van der Waals surface area contributed by atoms with E-state index in [4.69, 9.17) is 17.3 Å². The van der Waals surface area contributed by atoms with Gasteiger partial charge in [0.1, 0.15) is 0 Å².